The Hall–Kier alpha value is -0.810. The molecular weight excluding hydrogens is 206 g/mol. The highest BCUT2D eigenvalue weighted by Crippen LogP contribution is 2.09. The third-order valence-electron chi connectivity index (χ3n) is 3.10. The summed E-state index contributed by atoms with van der Waals surface area (Å²) in [6, 6.07) is 0.157. The van der Waals surface area contributed by atoms with Gasteiger partial charge in [0.15, 0.2) is 0 Å². The second-order valence-corrected chi connectivity index (χ2v) is 4.52. The van der Waals surface area contributed by atoms with Crippen molar-refractivity contribution in [3.05, 3.63) is 0 Å². The molecule has 2 fully saturated rings. The Kier molecular flexibility index (Phi) is 4.42. The third-order valence-corrected chi connectivity index (χ3v) is 3.10. The minimum Gasteiger partial charge on any atom is -0.358 e. The van der Waals surface area contributed by atoms with Gasteiger partial charge in [-0.2, -0.15) is 0 Å². The molecule has 2 aliphatic heterocycles. The van der Waals surface area contributed by atoms with Gasteiger partial charge in [0.2, 0.25) is 0 Å². The number of ether oxygens (including phenoxy) is 1. The lowest BCUT2D eigenvalue weighted by Crippen LogP contribution is -2.48. The van der Waals surface area contributed by atoms with E-state index in [9.17, 15) is 4.79 Å². The summed E-state index contributed by atoms with van der Waals surface area (Å²) < 4.78 is 5.35. The van der Waals surface area contributed by atoms with Crippen molar-refractivity contribution in [2.45, 2.75) is 44.4 Å². The molecule has 0 spiro atoms. The maximum Gasteiger partial charge on any atom is 0.317 e. The van der Waals surface area contributed by atoms with E-state index < -0.39 is 0 Å². The van der Waals surface area contributed by atoms with Gasteiger partial charge in [-0.05, 0) is 32.2 Å². The van der Waals surface area contributed by atoms with Crippen LogP contribution in [0.25, 0.3) is 0 Å². The van der Waals surface area contributed by atoms with E-state index in [0.29, 0.717) is 0 Å². The van der Waals surface area contributed by atoms with Crippen LogP contribution in [0.3, 0.4) is 0 Å². The van der Waals surface area contributed by atoms with Crippen LogP contribution in [0.2, 0.25) is 0 Å². The maximum absolute atomic E-state index is 11.6. The fourth-order valence-corrected chi connectivity index (χ4v) is 2.21. The molecule has 0 bridgehead atoms. The van der Waals surface area contributed by atoms with Crippen LogP contribution in [0.5, 0.6) is 0 Å². The van der Waals surface area contributed by atoms with E-state index in [0.717, 1.165) is 39.0 Å². The molecule has 0 aromatic rings. The highest BCUT2D eigenvalue weighted by Gasteiger charge is 2.19. The van der Waals surface area contributed by atoms with Gasteiger partial charge in [-0.3, -0.25) is 0 Å². The van der Waals surface area contributed by atoms with Crippen molar-refractivity contribution in [1.82, 2.24) is 16.0 Å². The summed E-state index contributed by atoms with van der Waals surface area (Å²) in [5.41, 5.74) is 0. The van der Waals surface area contributed by atoms with Crippen LogP contribution >= 0.6 is 0 Å². The lowest BCUT2D eigenvalue weighted by Gasteiger charge is -2.19. The molecular formula is C11H21N3O2. The monoisotopic (exact) mass is 227 g/mol. The SMILES string of the molecule is O=C(NC1CCCCNC1)NC1CCCO1. The van der Waals surface area contributed by atoms with Crippen molar-refractivity contribution in [3.63, 3.8) is 0 Å². The van der Waals surface area contributed by atoms with Crippen molar-refractivity contribution in [2.24, 2.45) is 0 Å². The molecule has 2 aliphatic rings. The largest absolute Gasteiger partial charge is 0.358 e. The van der Waals surface area contributed by atoms with Gasteiger partial charge in [0.1, 0.15) is 6.23 Å². The van der Waals surface area contributed by atoms with E-state index in [-0.39, 0.29) is 18.3 Å². The molecule has 2 amide bonds. The fourth-order valence-electron chi connectivity index (χ4n) is 2.21. The van der Waals surface area contributed by atoms with Crippen LogP contribution in [0.15, 0.2) is 0 Å². The maximum atomic E-state index is 11.6. The molecule has 0 aromatic heterocycles. The second-order valence-electron chi connectivity index (χ2n) is 4.52. The second kappa shape index (κ2) is 6.06. The molecule has 16 heavy (non-hydrogen) atoms. The van der Waals surface area contributed by atoms with E-state index in [1.807, 2.05) is 0 Å². The van der Waals surface area contributed by atoms with Crippen LogP contribution < -0.4 is 16.0 Å². The van der Waals surface area contributed by atoms with Gasteiger partial charge in [0.05, 0.1) is 0 Å². The van der Waals surface area contributed by atoms with Gasteiger partial charge >= 0.3 is 6.03 Å². The molecule has 2 saturated heterocycles. The van der Waals surface area contributed by atoms with Gasteiger partial charge in [0.25, 0.3) is 0 Å². The number of amides is 2. The topological polar surface area (TPSA) is 62.4 Å². The average Bonchev–Trinajstić information content (AvgIpc) is 2.62. The fraction of sp³-hybridized carbons (Fsp3) is 0.909. The van der Waals surface area contributed by atoms with Crippen LogP contribution in [0.1, 0.15) is 32.1 Å². The smallest absolute Gasteiger partial charge is 0.317 e. The van der Waals surface area contributed by atoms with Gasteiger partial charge in [-0.15, -0.1) is 0 Å². The average molecular weight is 227 g/mol. The number of nitrogens with one attached hydrogen (secondary N) is 3. The zero-order valence-electron chi connectivity index (χ0n) is 9.63. The molecule has 92 valence electrons. The first-order valence-corrected chi connectivity index (χ1v) is 6.24. The Bertz CT molecular complexity index is 221. The number of hydrogen-bond donors (Lipinski definition) is 3. The summed E-state index contributed by atoms with van der Waals surface area (Å²) in [5, 5.41) is 9.16. The van der Waals surface area contributed by atoms with E-state index in [1.54, 1.807) is 0 Å². The molecule has 5 nitrogen and oxygen atoms in total. The van der Waals surface area contributed by atoms with E-state index in [2.05, 4.69) is 16.0 Å². The number of carbonyl (C=O) groups excluding carboxylic acids is 1. The van der Waals surface area contributed by atoms with Crippen molar-refractivity contribution in [3.8, 4) is 0 Å². The Morgan fingerprint density at radius 2 is 2.12 bits per heavy atom. The molecule has 2 rings (SSSR count). The molecule has 2 atom stereocenters. The first-order valence-electron chi connectivity index (χ1n) is 6.24. The molecule has 2 heterocycles. The van der Waals surface area contributed by atoms with Crippen molar-refractivity contribution >= 4 is 6.03 Å². The predicted octanol–water partition coefficient (Wildman–Crippen LogP) is 0.564. The molecule has 0 aromatic carbocycles. The van der Waals surface area contributed by atoms with Crippen LogP contribution in [-0.2, 0) is 4.74 Å². The molecule has 0 radical (unpaired) electrons. The number of urea groups is 1. The zero-order chi connectivity index (χ0) is 11.2. The van der Waals surface area contributed by atoms with E-state index >= 15 is 0 Å². The Balaban J connectivity index is 1.68. The zero-order valence-corrected chi connectivity index (χ0v) is 9.63. The van der Waals surface area contributed by atoms with Gasteiger partial charge in [-0.25, -0.2) is 4.79 Å². The minimum atomic E-state index is -0.0967. The molecule has 0 saturated carbocycles. The lowest BCUT2D eigenvalue weighted by molar-refractivity contribution is 0.0902. The van der Waals surface area contributed by atoms with Crippen molar-refractivity contribution in [1.29, 1.82) is 0 Å². The summed E-state index contributed by atoms with van der Waals surface area (Å²) >= 11 is 0. The Morgan fingerprint density at radius 3 is 2.94 bits per heavy atom. The normalized spacial score (nSPS) is 30.8. The van der Waals surface area contributed by atoms with Crippen LogP contribution in [0.4, 0.5) is 4.79 Å². The Labute approximate surface area is 96.3 Å². The van der Waals surface area contributed by atoms with E-state index in [4.69, 9.17) is 4.74 Å². The summed E-state index contributed by atoms with van der Waals surface area (Å²) in [7, 11) is 0. The van der Waals surface area contributed by atoms with Crippen molar-refractivity contribution < 1.29 is 9.53 Å². The summed E-state index contributed by atoms with van der Waals surface area (Å²) in [6.45, 7) is 2.69. The highest BCUT2D eigenvalue weighted by atomic mass is 16.5. The standard InChI is InChI=1S/C11H21N3O2/c15-11(14-10-5-3-7-16-10)13-9-4-1-2-6-12-8-9/h9-10,12H,1-8H2,(H2,13,14,15). The lowest BCUT2D eigenvalue weighted by atomic mass is 10.1. The molecule has 3 N–H and O–H groups in total. The minimum absolute atomic E-state index is 0.0845. The quantitative estimate of drug-likeness (QED) is 0.646. The highest BCUT2D eigenvalue weighted by molar-refractivity contribution is 5.74. The molecule has 0 aliphatic carbocycles. The van der Waals surface area contributed by atoms with Gasteiger partial charge < -0.3 is 20.7 Å². The molecule has 5 heteroatoms. The van der Waals surface area contributed by atoms with Crippen LogP contribution in [0, 0.1) is 0 Å². The van der Waals surface area contributed by atoms with Crippen molar-refractivity contribution in [2.75, 3.05) is 19.7 Å². The predicted molar refractivity (Wildman–Crippen MR) is 61.2 cm³/mol. The van der Waals surface area contributed by atoms with Gasteiger partial charge in [-0.1, -0.05) is 6.42 Å². The summed E-state index contributed by atoms with van der Waals surface area (Å²) in [4.78, 5) is 11.6. The number of rotatable bonds is 2. The summed E-state index contributed by atoms with van der Waals surface area (Å²) in [6.07, 6.45) is 5.32. The third kappa shape index (κ3) is 3.64. The van der Waals surface area contributed by atoms with Crippen LogP contribution in [-0.4, -0.2) is 38.0 Å². The Morgan fingerprint density at radius 1 is 1.19 bits per heavy atom. The molecule has 2 unspecified atom stereocenters. The first-order chi connectivity index (χ1) is 7.84. The first kappa shape index (κ1) is 11.7. The summed E-state index contributed by atoms with van der Waals surface area (Å²) in [5.74, 6) is 0. The number of carbonyl (C=O) groups is 1. The van der Waals surface area contributed by atoms with E-state index in [1.165, 1.54) is 12.8 Å². The van der Waals surface area contributed by atoms with Gasteiger partial charge in [0, 0.05) is 19.2 Å². The number of hydrogen-bond acceptors (Lipinski definition) is 3.